The molecule has 0 aromatic carbocycles. The van der Waals surface area contributed by atoms with E-state index in [2.05, 4.69) is 4.52 Å². The second-order valence-electron chi connectivity index (χ2n) is 6.16. The average Bonchev–Trinajstić information content (AvgIpc) is 2.85. The van der Waals surface area contributed by atoms with Gasteiger partial charge in [-0.25, -0.2) is 4.57 Å². The van der Waals surface area contributed by atoms with Gasteiger partial charge in [0.25, 0.3) is 0 Å². The molecule has 2 saturated heterocycles. The molecule has 0 saturated carbocycles. The van der Waals surface area contributed by atoms with Crippen LogP contribution in [0.2, 0.25) is 0 Å². The molecule has 0 spiro atoms. The summed E-state index contributed by atoms with van der Waals surface area (Å²) >= 11 is 0. The van der Waals surface area contributed by atoms with Crippen LogP contribution in [-0.4, -0.2) is 120 Å². The van der Waals surface area contributed by atoms with Crippen LogP contribution >= 0.6 is 7.82 Å². The van der Waals surface area contributed by atoms with Gasteiger partial charge in [-0.2, -0.15) is 0 Å². The third-order valence-corrected chi connectivity index (χ3v) is 4.78. The highest BCUT2D eigenvalue weighted by Crippen LogP contribution is 2.40. The largest absolute Gasteiger partial charge is 0.469 e. The molecule has 27 heavy (non-hydrogen) atoms. The molecule has 0 radical (unpaired) electrons. The Morgan fingerprint density at radius 3 is 2.07 bits per heavy atom. The van der Waals surface area contributed by atoms with E-state index in [1.54, 1.807) is 0 Å². The number of hydrogen-bond donors (Lipinski definition) is 9. The molecule has 0 amide bonds. The van der Waals surface area contributed by atoms with E-state index >= 15 is 0 Å². The van der Waals surface area contributed by atoms with Crippen LogP contribution in [0.3, 0.4) is 0 Å². The standard InChI is InChI=1S/C12H23O14P/c13-1-4-6(15)8(17)9(18)11(24-4)26-12(3-14)10(19)7(16)5(25-12)2-23-27(20,21)22/h4-11,13-19H,1-3H2,(H2,20,21,22)/t4?,5-,6-,7?,8?,9?,10?,11+,12+/m1/s1. The van der Waals surface area contributed by atoms with Crippen LogP contribution in [0.25, 0.3) is 0 Å². The van der Waals surface area contributed by atoms with Gasteiger partial charge in [0.05, 0.1) is 13.2 Å². The minimum atomic E-state index is -4.92. The van der Waals surface area contributed by atoms with Gasteiger partial charge < -0.3 is 59.7 Å². The first-order chi connectivity index (χ1) is 12.5. The van der Waals surface area contributed by atoms with Gasteiger partial charge in [0, 0.05) is 0 Å². The van der Waals surface area contributed by atoms with Crippen molar-refractivity contribution in [3.05, 3.63) is 0 Å². The van der Waals surface area contributed by atoms with E-state index < -0.39 is 82.4 Å². The molecule has 2 aliphatic rings. The summed E-state index contributed by atoms with van der Waals surface area (Å²) in [6, 6.07) is 0. The Bertz CT molecular complexity index is 540. The van der Waals surface area contributed by atoms with E-state index in [9.17, 15) is 35.2 Å². The van der Waals surface area contributed by atoms with Crippen molar-refractivity contribution < 1.29 is 68.8 Å². The molecule has 2 rings (SSSR count). The number of hydrogen-bond acceptors (Lipinski definition) is 12. The third-order valence-electron chi connectivity index (χ3n) is 4.30. The van der Waals surface area contributed by atoms with Crippen LogP contribution in [0, 0.1) is 0 Å². The van der Waals surface area contributed by atoms with Crippen molar-refractivity contribution >= 4 is 7.82 Å². The summed E-state index contributed by atoms with van der Waals surface area (Å²) < 4.78 is 30.4. The minimum Gasteiger partial charge on any atom is -0.394 e. The first kappa shape index (κ1) is 23.0. The quantitative estimate of drug-likeness (QED) is 0.174. The number of ether oxygens (including phenoxy) is 3. The Labute approximate surface area is 152 Å². The molecule has 0 aromatic heterocycles. The van der Waals surface area contributed by atoms with Crippen LogP contribution in [-0.2, 0) is 23.3 Å². The van der Waals surface area contributed by atoms with E-state index in [1.165, 1.54) is 0 Å². The van der Waals surface area contributed by atoms with Gasteiger partial charge in [-0.1, -0.05) is 0 Å². The van der Waals surface area contributed by atoms with Gasteiger partial charge in [-0.15, -0.1) is 0 Å². The SMILES string of the molecule is O=P(O)(O)OC[C@H]1O[C@@](CO)(O[C@@H]2OC(CO)[C@@H](O)C(O)C2O)C(O)C1O. The summed E-state index contributed by atoms with van der Waals surface area (Å²) in [6.07, 6.45) is -13.9. The fourth-order valence-corrected chi connectivity index (χ4v) is 3.13. The highest BCUT2D eigenvalue weighted by molar-refractivity contribution is 7.46. The topological polar surface area (TPSA) is 236 Å². The molecule has 9 N–H and O–H groups in total. The fraction of sp³-hybridized carbons (Fsp3) is 1.00. The van der Waals surface area contributed by atoms with Gasteiger partial charge in [-0.3, -0.25) is 4.52 Å². The lowest BCUT2D eigenvalue weighted by Crippen LogP contribution is -2.62. The molecule has 9 atom stereocenters. The summed E-state index contributed by atoms with van der Waals surface area (Å²) in [7, 11) is -4.92. The fourth-order valence-electron chi connectivity index (χ4n) is 2.79. The normalized spacial score (nSPS) is 46.0. The zero-order valence-electron chi connectivity index (χ0n) is 13.8. The molecule has 2 aliphatic heterocycles. The van der Waals surface area contributed by atoms with Crippen molar-refractivity contribution in [1.82, 2.24) is 0 Å². The highest BCUT2D eigenvalue weighted by Gasteiger charge is 2.58. The van der Waals surface area contributed by atoms with Crippen molar-refractivity contribution in [2.45, 2.75) is 54.8 Å². The predicted molar refractivity (Wildman–Crippen MR) is 79.6 cm³/mol. The van der Waals surface area contributed by atoms with Crippen LogP contribution in [0.15, 0.2) is 0 Å². The van der Waals surface area contributed by atoms with Crippen molar-refractivity contribution in [3.8, 4) is 0 Å². The zero-order chi connectivity index (χ0) is 20.6. The summed E-state index contributed by atoms with van der Waals surface area (Å²) in [5.74, 6) is -2.42. The summed E-state index contributed by atoms with van der Waals surface area (Å²) in [5.41, 5.74) is 0. The predicted octanol–water partition coefficient (Wildman–Crippen LogP) is -5.28. The summed E-state index contributed by atoms with van der Waals surface area (Å²) in [4.78, 5) is 17.4. The van der Waals surface area contributed by atoms with Crippen molar-refractivity contribution in [2.24, 2.45) is 0 Å². The average molecular weight is 422 g/mol. The monoisotopic (exact) mass is 422 g/mol. The Balaban J connectivity index is 2.15. The van der Waals surface area contributed by atoms with Crippen molar-refractivity contribution in [2.75, 3.05) is 19.8 Å². The van der Waals surface area contributed by atoms with Gasteiger partial charge in [0.2, 0.25) is 5.79 Å². The Morgan fingerprint density at radius 1 is 0.926 bits per heavy atom. The first-order valence-corrected chi connectivity index (χ1v) is 9.32. The van der Waals surface area contributed by atoms with E-state index in [1.807, 2.05) is 0 Å². The zero-order valence-corrected chi connectivity index (χ0v) is 14.6. The van der Waals surface area contributed by atoms with Crippen molar-refractivity contribution in [1.29, 1.82) is 0 Å². The maximum absolute atomic E-state index is 10.8. The lowest BCUT2D eigenvalue weighted by molar-refractivity contribution is -0.383. The molecule has 2 fully saturated rings. The van der Waals surface area contributed by atoms with Crippen LogP contribution in [0.4, 0.5) is 0 Å². The van der Waals surface area contributed by atoms with E-state index in [0.717, 1.165) is 0 Å². The Hall–Kier alpha value is -0.290. The van der Waals surface area contributed by atoms with Gasteiger partial charge in [0.1, 0.15) is 49.3 Å². The molecule has 14 nitrogen and oxygen atoms in total. The number of aliphatic hydroxyl groups is 7. The second-order valence-corrected chi connectivity index (χ2v) is 7.40. The van der Waals surface area contributed by atoms with Gasteiger partial charge >= 0.3 is 7.82 Å². The molecule has 2 heterocycles. The number of aliphatic hydroxyl groups excluding tert-OH is 7. The third kappa shape index (κ3) is 4.83. The maximum atomic E-state index is 10.8. The molecular formula is C12H23O14P. The van der Waals surface area contributed by atoms with Crippen molar-refractivity contribution in [3.63, 3.8) is 0 Å². The van der Waals surface area contributed by atoms with Crippen LogP contribution < -0.4 is 0 Å². The Morgan fingerprint density at radius 2 is 1.56 bits per heavy atom. The smallest absolute Gasteiger partial charge is 0.394 e. The number of phosphoric acid groups is 1. The molecule has 15 heteroatoms. The molecule has 0 aromatic rings. The summed E-state index contributed by atoms with van der Waals surface area (Å²) in [5, 5.41) is 68.3. The van der Waals surface area contributed by atoms with E-state index in [4.69, 9.17) is 29.1 Å². The highest BCUT2D eigenvalue weighted by atomic mass is 31.2. The lowest BCUT2D eigenvalue weighted by Gasteiger charge is -2.43. The first-order valence-electron chi connectivity index (χ1n) is 7.79. The number of phosphoric ester groups is 1. The van der Waals surface area contributed by atoms with Crippen LogP contribution in [0.1, 0.15) is 0 Å². The van der Waals surface area contributed by atoms with E-state index in [-0.39, 0.29) is 0 Å². The minimum absolute atomic E-state index is 0.762. The number of rotatable bonds is 7. The van der Waals surface area contributed by atoms with E-state index in [0.29, 0.717) is 0 Å². The second kappa shape index (κ2) is 8.61. The summed E-state index contributed by atoms with van der Waals surface area (Å²) in [6.45, 7) is -2.74. The van der Waals surface area contributed by atoms with Crippen LogP contribution in [0.5, 0.6) is 0 Å². The molecule has 0 bridgehead atoms. The molecule has 0 aliphatic carbocycles. The molecule has 160 valence electrons. The Kier molecular flexibility index (Phi) is 7.33. The molecule has 5 unspecified atom stereocenters. The van der Waals surface area contributed by atoms with Gasteiger partial charge in [0.15, 0.2) is 6.29 Å². The maximum Gasteiger partial charge on any atom is 0.469 e. The molecular weight excluding hydrogens is 399 g/mol. The van der Waals surface area contributed by atoms with Gasteiger partial charge in [-0.05, 0) is 0 Å². The lowest BCUT2D eigenvalue weighted by atomic mass is 9.99.